The number of urea groups is 1. The number of ether oxygens (including phenoxy) is 2. The van der Waals surface area contributed by atoms with Crippen LogP contribution in [-0.4, -0.2) is 60.4 Å². The molecule has 5 heterocycles. The van der Waals surface area contributed by atoms with E-state index in [1.165, 1.54) is 11.3 Å². The van der Waals surface area contributed by atoms with Gasteiger partial charge >= 0.3 is 6.03 Å². The van der Waals surface area contributed by atoms with E-state index in [-0.39, 0.29) is 11.4 Å². The number of rotatable bonds is 4. The summed E-state index contributed by atoms with van der Waals surface area (Å²) >= 11 is 1.44. The maximum atomic E-state index is 12.8. The zero-order valence-electron chi connectivity index (χ0n) is 18.7. The normalized spacial score (nSPS) is 18.5. The Balaban J connectivity index is 1.35. The number of benzene rings is 1. The number of thiazole rings is 1. The Labute approximate surface area is 201 Å². The summed E-state index contributed by atoms with van der Waals surface area (Å²) in [4.78, 5) is 25.1. The molecule has 34 heavy (non-hydrogen) atoms. The monoisotopic (exact) mass is 473 g/mol. The number of aryl methyl sites for hydroxylation is 1. The van der Waals surface area contributed by atoms with E-state index >= 15 is 0 Å². The minimum absolute atomic E-state index is 0.145. The Morgan fingerprint density at radius 1 is 1.18 bits per heavy atom. The largest absolute Gasteiger partial charge is 0.380 e. The van der Waals surface area contributed by atoms with Crippen LogP contribution in [0.25, 0.3) is 21.7 Å². The summed E-state index contributed by atoms with van der Waals surface area (Å²) in [7, 11) is 0. The van der Waals surface area contributed by atoms with Gasteiger partial charge in [-0.1, -0.05) is 23.5 Å². The molecule has 0 bridgehead atoms. The van der Waals surface area contributed by atoms with Gasteiger partial charge in [-0.15, -0.1) is 0 Å². The summed E-state index contributed by atoms with van der Waals surface area (Å²) in [6.07, 6.45) is 0. The number of hydrogen-bond acceptors (Lipinski definition) is 7. The fraction of sp³-hybridized carbons (Fsp3) is 0.360. The van der Waals surface area contributed by atoms with Gasteiger partial charge in [0.2, 0.25) is 0 Å². The van der Waals surface area contributed by atoms with E-state index < -0.39 is 0 Å². The first-order chi connectivity index (χ1) is 16.5. The van der Waals surface area contributed by atoms with Crippen LogP contribution in [-0.2, 0) is 9.47 Å². The Bertz CT molecular complexity index is 1310. The number of likely N-dealkylation sites (tertiary alicyclic amines) is 1. The number of nitrogens with one attached hydrogen (secondary N) is 1. The van der Waals surface area contributed by atoms with Crippen molar-refractivity contribution in [2.75, 3.05) is 44.8 Å². The van der Waals surface area contributed by atoms with Gasteiger partial charge in [-0.05, 0) is 36.8 Å². The number of nitrogens with zero attached hydrogens (tertiary/aromatic N) is 4. The first kappa shape index (κ1) is 21.2. The van der Waals surface area contributed by atoms with Gasteiger partial charge in [0.1, 0.15) is 0 Å². The molecule has 2 aromatic heterocycles. The van der Waals surface area contributed by atoms with Crippen molar-refractivity contribution in [2.24, 2.45) is 5.41 Å². The van der Waals surface area contributed by atoms with Crippen molar-refractivity contribution in [2.45, 2.75) is 12.8 Å². The summed E-state index contributed by atoms with van der Waals surface area (Å²) < 4.78 is 10.7. The first-order valence-electron chi connectivity index (χ1n) is 11.2. The van der Waals surface area contributed by atoms with Gasteiger partial charge in [0.05, 0.1) is 54.0 Å². The molecule has 3 saturated heterocycles. The van der Waals surface area contributed by atoms with Crippen LogP contribution >= 0.6 is 11.3 Å². The lowest BCUT2D eigenvalue weighted by atomic mass is 9.78. The van der Waals surface area contributed by atoms with Crippen LogP contribution in [0.2, 0.25) is 0 Å². The zero-order valence-corrected chi connectivity index (χ0v) is 19.5. The molecule has 1 aromatic carbocycles. The van der Waals surface area contributed by atoms with Crippen LogP contribution in [0.4, 0.5) is 9.93 Å². The first-order valence-corrected chi connectivity index (χ1v) is 12.1. The minimum Gasteiger partial charge on any atom is -0.380 e. The van der Waals surface area contributed by atoms with E-state index in [0.29, 0.717) is 42.9 Å². The lowest BCUT2D eigenvalue weighted by molar-refractivity contribution is -0.174. The maximum Gasteiger partial charge on any atom is 0.323 e. The van der Waals surface area contributed by atoms with Crippen molar-refractivity contribution in [1.29, 1.82) is 5.26 Å². The molecule has 8 nitrogen and oxygen atoms in total. The van der Waals surface area contributed by atoms with Gasteiger partial charge in [0.25, 0.3) is 0 Å². The standard InChI is InChI=1S/C25H23N5O3S/c1-15-5-18(7-20(27-15)19-9-32-10-19)22-21(17-4-2-3-16(6-17)8-26)28-23(34-22)29-24(31)30-11-25(12-30)13-33-14-25/h2-7,19H,9-14H2,1H3,(H,28,29,31). The summed E-state index contributed by atoms with van der Waals surface area (Å²) in [5.41, 5.74) is 5.22. The Hall–Kier alpha value is -3.32. The van der Waals surface area contributed by atoms with E-state index in [1.54, 1.807) is 11.0 Å². The third-order valence-electron chi connectivity index (χ3n) is 6.55. The number of anilines is 1. The van der Waals surface area contributed by atoms with Crippen molar-refractivity contribution < 1.29 is 14.3 Å². The summed E-state index contributed by atoms with van der Waals surface area (Å²) in [6, 6.07) is 13.6. The van der Waals surface area contributed by atoms with Crippen molar-refractivity contribution in [3.8, 4) is 27.8 Å². The van der Waals surface area contributed by atoms with Gasteiger partial charge in [-0.2, -0.15) is 5.26 Å². The van der Waals surface area contributed by atoms with E-state index in [2.05, 4.69) is 17.5 Å². The van der Waals surface area contributed by atoms with Gasteiger partial charge in [0.15, 0.2) is 5.13 Å². The van der Waals surface area contributed by atoms with Gasteiger partial charge in [-0.25, -0.2) is 9.78 Å². The zero-order chi connectivity index (χ0) is 23.3. The highest BCUT2D eigenvalue weighted by molar-refractivity contribution is 7.19. The quantitative estimate of drug-likeness (QED) is 0.614. The highest BCUT2D eigenvalue weighted by atomic mass is 32.1. The average Bonchev–Trinajstić information content (AvgIpc) is 3.14. The van der Waals surface area contributed by atoms with Gasteiger partial charge in [-0.3, -0.25) is 10.3 Å². The molecule has 3 aliphatic rings. The molecule has 1 N–H and O–H groups in total. The molecular weight excluding hydrogens is 450 g/mol. The van der Waals surface area contributed by atoms with Crippen LogP contribution in [0, 0.1) is 23.7 Å². The molecule has 3 aromatic rings. The number of nitriles is 1. The molecule has 0 atom stereocenters. The predicted octanol–water partition coefficient (Wildman–Crippen LogP) is 4.03. The molecule has 0 unspecified atom stereocenters. The van der Waals surface area contributed by atoms with E-state index in [1.807, 2.05) is 31.2 Å². The smallest absolute Gasteiger partial charge is 0.323 e. The average molecular weight is 474 g/mol. The number of pyridine rings is 1. The molecule has 3 aliphatic heterocycles. The molecule has 0 aliphatic carbocycles. The number of aromatic nitrogens is 2. The third kappa shape index (κ3) is 3.74. The molecule has 3 fully saturated rings. The summed E-state index contributed by atoms with van der Waals surface area (Å²) in [5.74, 6) is 0.297. The van der Waals surface area contributed by atoms with E-state index in [9.17, 15) is 10.1 Å². The number of carbonyl (C=O) groups is 1. The Morgan fingerprint density at radius 3 is 2.68 bits per heavy atom. The molecule has 9 heteroatoms. The molecule has 1 spiro atoms. The second-order valence-corrected chi connectivity index (χ2v) is 10.3. The van der Waals surface area contributed by atoms with E-state index in [4.69, 9.17) is 19.4 Å². The van der Waals surface area contributed by atoms with Crippen molar-refractivity contribution in [3.63, 3.8) is 0 Å². The van der Waals surface area contributed by atoms with Crippen LogP contribution in [0.1, 0.15) is 22.9 Å². The predicted molar refractivity (Wildman–Crippen MR) is 128 cm³/mol. The van der Waals surface area contributed by atoms with Gasteiger partial charge < -0.3 is 14.4 Å². The molecular formula is C25H23N5O3S. The molecule has 6 rings (SSSR count). The topological polar surface area (TPSA) is 100 Å². The van der Waals surface area contributed by atoms with Gasteiger partial charge in [0, 0.05) is 36.0 Å². The summed E-state index contributed by atoms with van der Waals surface area (Å²) in [6.45, 7) is 6.23. The number of hydrogen-bond donors (Lipinski definition) is 1. The fourth-order valence-electron chi connectivity index (χ4n) is 4.59. The van der Waals surface area contributed by atoms with Crippen molar-refractivity contribution in [3.05, 3.63) is 53.3 Å². The fourth-order valence-corrected chi connectivity index (χ4v) is 5.56. The number of carbonyl (C=O) groups excluding carboxylic acids is 1. The number of amides is 2. The second-order valence-electron chi connectivity index (χ2n) is 9.32. The van der Waals surface area contributed by atoms with Crippen molar-refractivity contribution in [1.82, 2.24) is 14.9 Å². The van der Waals surface area contributed by atoms with Crippen LogP contribution in [0.5, 0.6) is 0 Å². The Morgan fingerprint density at radius 2 is 2.00 bits per heavy atom. The molecule has 0 radical (unpaired) electrons. The Kier molecular flexibility index (Phi) is 5.10. The van der Waals surface area contributed by atoms with Crippen LogP contribution < -0.4 is 5.32 Å². The highest BCUT2D eigenvalue weighted by Crippen LogP contribution is 2.42. The maximum absolute atomic E-state index is 12.8. The SMILES string of the molecule is Cc1cc(-c2sc(NC(=O)N3CC4(COC4)C3)nc2-c2cccc(C#N)c2)cc(C2COC2)n1. The third-order valence-corrected chi connectivity index (χ3v) is 7.57. The molecule has 172 valence electrons. The lowest BCUT2D eigenvalue weighted by Crippen LogP contribution is -2.67. The van der Waals surface area contributed by atoms with E-state index in [0.717, 1.165) is 46.3 Å². The van der Waals surface area contributed by atoms with Crippen LogP contribution in [0.15, 0.2) is 36.4 Å². The second kappa shape index (κ2) is 8.17. The van der Waals surface area contributed by atoms with Crippen LogP contribution in [0.3, 0.4) is 0 Å². The summed E-state index contributed by atoms with van der Waals surface area (Å²) in [5, 5.41) is 12.9. The highest BCUT2D eigenvalue weighted by Gasteiger charge is 2.50. The molecule has 2 amide bonds. The minimum atomic E-state index is -0.145. The molecule has 0 saturated carbocycles. The lowest BCUT2D eigenvalue weighted by Gasteiger charge is -2.54. The van der Waals surface area contributed by atoms with Crippen molar-refractivity contribution >= 4 is 22.5 Å².